The van der Waals surface area contributed by atoms with E-state index in [4.69, 9.17) is 4.42 Å². The molecule has 1 saturated heterocycles. The zero-order valence-corrected chi connectivity index (χ0v) is 13.0. The summed E-state index contributed by atoms with van der Waals surface area (Å²) in [6.07, 6.45) is 3.22. The lowest BCUT2D eigenvalue weighted by Gasteiger charge is -2.02. The minimum atomic E-state index is -0.208. The fraction of sp³-hybridized carbons (Fsp3) is 0.0625. The Morgan fingerprint density at radius 1 is 1.30 bits per heavy atom. The number of rotatable bonds is 3. The van der Waals surface area contributed by atoms with Gasteiger partial charge >= 0.3 is 0 Å². The lowest BCUT2D eigenvalue weighted by atomic mass is 10.3. The molecule has 1 fully saturated rings. The smallest absolute Gasteiger partial charge is 0.264 e. The summed E-state index contributed by atoms with van der Waals surface area (Å²) in [7, 11) is 0. The van der Waals surface area contributed by atoms with Gasteiger partial charge in [0.15, 0.2) is 5.17 Å². The number of carbonyl (C=O) groups is 2. The number of furan rings is 1. The van der Waals surface area contributed by atoms with Crippen LogP contribution in [0.1, 0.15) is 12.7 Å². The molecule has 2 aromatic rings. The summed E-state index contributed by atoms with van der Waals surface area (Å²) in [4.78, 5) is 27.8. The number of hydrogen-bond acceptors (Lipinski definition) is 5. The van der Waals surface area contributed by atoms with Crippen molar-refractivity contribution >= 4 is 46.2 Å². The molecule has 1 aliphatic rings. The van der Waals surface area contributed by atoms with Crippen molar-refractivity contribution in [3.63, 3.8) is 0 Å². The first kappa shape index (κ1) is 15.1. The van der Waals surface area contributed by atoms with Crippen molar-refractivity contribution < 1.29 is 14.0 Å². The number of hydrogen-bond donors (Lipinski definition) is 2. The molecule has 7 heteroatoms. The largest absolute Gasteiger partial charge is 0.465 e. The Morgan fingerprint density at radius 2 is 2.09 bits per heavy atom. The monoisotopic (exact) mass is 327 g/mol. The summed E-state index contributed by atoms with van der Waals surface area (Å²) >= 11 is 1.25. The van der Waals surface area contributed by atoms with Crippen molar-refractivity contribution in [2.24, 2.45) is 4.99 Å². The van der Waals surface area contributed by atoms with Gasteiger partial charge in [0.05, 0.1) is 16.9 Å². The third-order valence-corrected chi connectivity index (χ3v) is 3.80. The van der Waals surface area contributed by atoms with Gasteiger partial charge in [-0.2, -0.15) is 0 Å². The van der Waals surface area contributed by atoms with E-state index in [9.17, 15) is 9.59 Å². The van der Waals surface area contributed by atoms with Crippen molar-refractivity contribution in [3.8, 4) is 0 Å². The van der Waals surface area contributed by atoms with E-state index in [1.165, 1.54) is 18.7 Å². The van der Waals surface area contributed by atoms with Crippen molar-refractivity contribution in [1.82, 2.24) is 5.32 Å². The number of nitrogens with zero attached hydrogens (tertiary/aromatic N) is 1. The number of carbonyl (C=O) groups excluding carboxylic acids is 2. The summed E-state index contributed by atoms with van der Waals surface area (Å²) < 4.78 is 5.20. The molecule has 1 aromatic carbocycles. The van der Waals surface area contributed by atoms with Gasteiger partial charge in [-0.1, -0.05) is 0 Å². The van der Waals surface area contributed by atoms with Gasteiger partial charge in [0.1, 0.15) is 5.76 Å². The highest BCUT2D eigenvalue weighted by molar-refractivity contribution is 8.18. The molecule has 0 bridgehead atoms. The molecule has 2 heterocycles. The Hall–Kier alpha value is -2.80. The van der Waals surface area contributed by atoms with Crippen molar-refractivity contribution in [2.45, 2.75) is 6.92 Å². The van der Waals surface area contributed by atoms with Crippen molar-refractivity contribution in [1.29, 1.82) is 0 Å². The molecule has 2 amide bonds. The molecular formula is C16H13N3O3S. The van der Waals surface area contributed by atoms with Gasteiger partial charge in [0.25, 0.3) is 5.91 Å². The molecule has 0 unspecified atom stereocenters. The average Bonchev–Trinajstić information content (AvgIpc) is 3.12. The summed E-state index contributed by atoms with van der Waals surface area (Å²) in [5.74, 6) is 0.277. The van der Waals surface area contributed by atoms with Crippen LogP contribution in [0.4, 0.5) is 11.4 Å². The highest BCUT2D eigenvalue weighted by atomic mass is 32.2. The van der Waals surface area contributed by atoms with Crippen LogP contribution in [0.2, 0.25) is 0 Å². The topological polar surface area (TPSA) is 83.7 Å². The second-order valence-electron chi connectivity index (χ2n) is 4.73. The van der Waals surface area contributed by atoms with Gasteiger partial charge < -0.3 is 15.1 Å². The normalized spacial score (nSPS) is 17.5. The number of amidine groups is 1. The van der Waals surface area contributed by atoms with E-state index in [1.54, 1.807) is 48.7 Å². The van der Waals surface area contributed by atoms with Gasteiger partial charge in [-0.05, 0) is 48.2 Å². The molecule has 0 atom stereocenters. The highest BCUT2D eigenvalue weighted by Gasteiger charge is 2.24. The molecular weight excluding hydrogens is 314 g/mol. The first-order chi connectivity index (χ1) is 11.1. The SMILES string of the molecule is CC(=O)Nc1ccc(N=C2NC(=O)/C(=C\c3ccco3)S2)cc1. The number of nitrogens with one attached hydrogen (secondary N) is 2. The van der Waals surface area contributed by atoms with Crippen LogP contribution >= 0.6 is 11.8 Å². The third-order valence-electron chi connectivity index (χ3n) is 2.89. The Morgan fingerprint density at radius 3 is 2.74 bits per heavy atom. The van der Waals surface area contributed by atoms with Crippen LogP contribution in [-0.4, -0.2) is 17.0 Å². The highest BCUT2D eigenvalue weighted by Crippen LogP contribution is 2.28. The van der Waals surface area contributed by atoms with Crippen LogP contribution in [0.15, 0.2) is 57.0 Å². The molecule has 0 radical (unpaired) electrons. The zero-order valence-electron chi connectivity index (χ0n) is 12.2. The van der Waals surface area contributed by atoms with Crippen molar-refractivity contribution in [2.75, 3.05) is 5.32 Å². The molecule has 0 spiro atoms. The number of anilines is 1. The van der Waals surface area contributed by atoms with E-state index >= 15 is 0 Å². The van der Waals surface area contributed by atoms with Crippen LogP contribution in [-0.2, 0) is 9.59 Å². The summed E-state index contributed by atoms with van der Waals surface area (Å²) in [6, 6.07) is 10.6. The maximum absolute atomic E-state index is 11.9. The maximum Gasteiger partial charge on any atom is 0.264 e. The van der Waals surface area contributed by atoms with Crippen LogP contribution in [0.25, 0.3) is 6.08 Å². The first-order valence-electron chi connectivity index (χ1n) is 6.81. The number of thioether (sulfide) groups is 1. The Labute approximate surface area is 136 Å². The summed E-state index contributed by atoms with van der Waals surface area (Å²) in [5, 5.41) is 5.89. The first-order valence-corrected chi connectivity index (χ1v) is 7.62. The molecule has 1 aromatic heterocycles. The summed E-state index contributed by atoms with van der Waals surface area (Å²) in [5.41, 5.74) is 1.38. The van der Waals surface area contributed by atoms with Crippen LogP contribution in [0.5, 0.6) is 0 Å². The van der Waals surface area contributed by atoms with E-state index in [2.05, 4.69) is 15.6 Å². The standard InChI is InChI=1S/C16H13N3O3S/c1-10(20)17-11-4-6-12(7-5-11)18-16-19-15(21)14(23-16)9-13-3-2-8-22-13/h2-9H,1H3,(H,17,20)(H,18,19,21)/b14-9+. The molecule has 0 saturated carbocycles. The fourth-order valence-corrected chi connectivity index (χ4v) is 2.74. The second kappa shape index (κ2) is 6.53. The average molecular weight is 327 g/mol. The number of amides is 2. The predicted molar refractivity (Wildman–Crippen MR) is 90.3 cm³/mol. The van der Waals surface area contributed by atoms with Gasteiger partial charge in [0, 0.05) is 18.7 Å². The molecule has 2 N–H and O–H groups in total. The maximum atomic E-state index is 11.9. The van der Waals surface area contributed by atoms with E-state index in [-0.39, 0.29) is 11.8 Å². The number of aliphatic imine (C=N–C) groups is 1. The fourth-order valence-electron chi connectivity index (χ4n) is 1.92. The van der Waals surface area contributed by atoms with Crippen LogP contribution in [0.3, 0.4) is 0 Å². The van der Waals surface area contributed by atoms with Gasteiger partial charge in [0.2, 0.25) is 5.91 Å². The van der Waals surface area contributed by atoms with Crippen molar-refractivity contribution in [3.05, 3.63) is 53.3 Å². The van der Waals surface area contributed by atoms with E-state index in [0.29, 0.717) is 27.2 Å². The third kappa shape index (κ3) is 3.89. The minimum Gasteiger partial charge on any atom is -0.465 e. The van der Waals surface area contributed by atoms with E-state index in [1.807, 2.05) is 0 Å². The molecule has 6 nitrogen and oxygen atoms in total. The molecule has 1 aliphatic heterocycles. The van der Waals surface area contributed by atoms with E-state index in [0.717, 1.165) is 0 Å². The Bertz CT molecular complexity index is 792. The van der Waals surface area contributed by atoms with Crippen LogP contribution < -0.4 is 10.6 Å². The quantitative estimate of drug-likeness (QED) is 0.848. The van der Waals surface area contributed by atoms with Crippen LogP contribution in [0, 0.1) is 0 Å². The minimum absolute atomic E-state index is 0.129. The lowest BCUT2D eigenvalue weighted by Crippen LogP contribution is -2.19. The van der Waals surface area contributed by atoms with Gasteiger partial charge in [-0.25, -0.2) is 4.99 Å². The Balaban J connectivity index is 1.74. The molecule has 3 rings (SSSR count). The molecule has 0 aliphatic carbocycles. The predicted octanol–water partition coefficient (Wildman–Crippen LogP) is 3.13. The van der Waals surface area contributed by atoms with Gasteiger partial charge in [-0.15, -0.1) is 0 Å². The second-order valence-corrected chi connectivity index (χ2v) is 5.76. The summed E-state index contributed by atoms with van der Waals surface area (Å²) in [6.45, 7) is 1.45. The van der Waals surface area contributed by atoms with E-state index < -0.39 is 0 Å². The number of benzene rings is 1. The lowest BCUT2D eigenvalue weighted by molar-refractivity contribution is -0.115. The van der Waals surface area contributed by atoms with Gasteiger partial charge in [-0.3, -0.25) is 9.59 Å². The Kier molecular flexibility index (Phi) is 4.29. The zero-order chi connectivity index (χ0) is 16.2. The molecule has 116 valence electrons. The molecule has 23 heavy (non-hydrogen) atoms.